The van der Waals surface area contributed by atoms with E-state index in [1.54, 1.807) is 12.1 Å². The maximum atomic E-state index is 12.7. The lowest BCUT2D eigenvalue weighted by Crippen LogP contribution is -2.33. The molecule has 0 bridgehead atoms. The lowest BCUT2D eigenvalue weighted by Gasteiger charge is -2.21. The molecule has 1 aliphatic rings. The minimum absolute atomic E-state index is 0.272. The van der Waals surface area contributed by atoms with Crippen molar-refractivity contribution in [2.45, 2.75) is 31.4 Å². The van der Waals surface area contributed by atoms with Crippen molar-refractivity contribution in [1.82, 2.24) is 5.32 Å². The van der Waals surface area contributed by atoms with Crippen LogP contribution in [-0.4, -0.2) is 17.7 Å². The number of hydrogen-bond acceptors (Lipinski definition) is 2. The van der Waals surface area contributed by atoms with E-state index in [0.29, 0.717) is 12.6 Å². The molecule has 3 heteroatoms. The Bertz CT molecular complexity index is 374. The molecule has 1 aromatic rings. The average molecular weight is 235 g/mol. The summed E-state index contributed by atoms with van der Waals surface area (Å²) in [5.74, 6) is -0.272. The highest BCUT2D eigenvalue weighted by Gasteiger charge is 2.12. The lowest BCUT2D eigenvalue weighted by atomic mass is 10.0. The maximum Gasteiger partial charge on any atom is 0.123 e. The molecule has 17 heavy (non-hydrogen) atoms. The van der Waals surface area contributed by atoms with Gasteiger partial charge in [0, 0.05) is 12.6 Å². The zero-order chi connectivity index (χ0) is 12.1. The summed E-state index contributed by atoms with van der Waals surface area (Å²) in [6, 6.07) is 6.46. The van der Waals surface area contributed by atoms with E-state index in [2.05, 4.69) is 17.5 Å². The smallest absolute Gasteiger partial charge is 0.123 e. The van der Waals surface area contributed by atoms with Crippen LogP contribution in [-0.2, 0) is 0 Å². The molecule has 2 N–H and O–H groups in total. The second kappa shape index (κ2) is 5.94. The van der Waals surface area contributed by atoms with Crippen molar-refractivity contribution in [2.75, 3.05) is 6.54 Å². The third kappa shape index (κ3) is 3.65. The van der Waals surface area contributed by atoms with Gasteiger partial charge >= 0.3 is 0 Å². The molecule has 0 spiro atoms. The number of aliphatic hydroxyl groups excluding tert-OH is 1. The summed E-state index contributed by atoms with van der Waals surface area (Å²) in [5.41, 5.74) is 0.755. The van der Waals surface area contributed by atoms with E-state index in [0.717, 1.165) is 24.8 Å². The van der Waals surface area contributed by atoms with Crippen molar-refractivity contribution in [3.8, 4) is 0 Å². The fourth-order valence-corrected chi connectivity index (χ4v) is 2.06. The van der Waals surface area contributed by atoms with Gasteiger partial charge in [-0.05, 0) is 37.0 Å². The summed E-state index contributed by atoms with van der Waals surface area (Å²) in [4.78, 5) is 0. The first-order chi connectivity index (χ1) is 8.25. The minimum atomic E-state index is -0.568. The molecular formula is C14H18FNO. The SMILES string of the molecule is OC(CNC1CC=CCC1)c1ccc(F)cc1. The zero-order valence-corrected chi connectivity index (χ0v) is 9.77. The molecule has 2 atom stereocenters. The van der Waals surface area contributed by atoms with Gasteiger partial charge in [-0.3, -0.25) is 0 Å². The Morgan fingerprint density at radius 1 is 1.29 bits per heavy atom. The Labute approximate surface area is 101 Å². The van der Waals surface area contributed by atoms with Gasteiger partial charge in [0.2, 0.25) is 0 Å². The van der Waals surface area contributed by atoms with E-state index in [1.165, 1.54) is 12.1 Å². The first kappa shape index (κ1) is 12.3. The number of halogens is 1. The Morgan fingerprint density at radius 2 is 2.06 bits per heavy atom. The average Bonchev–Trinajstić information content (AvgIpc) is 2.38. The first-order valence-electron chi connectivity index (χ1n) is 6.07. The van der Waals surface area contributed by atoms with Crippen molar-refractivity contribution < 1.29 is 9.50 Å². The van der Waals surface area contributed by atoms with E-state index >= 15 is 0 Å². The Morgan fingerprint density at radius 3 is 2.71 bits per heavy atom. The van der Waals surface area contributed by atoms with Crippen LogP contribution in [0.2, 0.25) is 0 Å². The van der Waals surface area contributed by atoms with Crippen LogP contribution in [0.3, 0.4) is 0 Å². The number of hydrogen-bond donors (Lipinski definition) is 2. The number of allylic oxidation sites excluding steroid dienone is 1. The van der Waals surface area contributed by atoms with Crippen LogP contribution in [0.4, 0.5) is 4.39 Å². The molecule has 0 aromatic heterocycles. The van der Waals surface area contributed by atoms with E-state index in [1.807, 2.05) is 0 Å². The van der Waals surface area contributed by atoms with Gasteiger partial charge in [0.25, 0.3) is 0 Å². The van der Waals surface area contributed by atoms with Gasteiger partial charge < -0.3 is 10.4 Å². The van der Waals surface area contributed by atoms with Gasteiger partial charge in [0.05, 0.1) is 6.10 Å². The van der Waals surface area contributed by atoms with Gasteiger partial charge in [0.15, 0.2) is 0 Å². The molecule has 0 saturated carbocycles. The number of aliphatic hydroxyl groups is 1. The summed E-state index contributed by atoms with van der Waals surface area (Å²) in [5, 5.41) is 13.3. The van der Waals surface area contributed by atoms with Crippen molar-refractivity contribution in [3.05, 3.63) is 47.8 Å². The Kier molecular flexibility index (Phi) is 4.29. The van der Waals surface area contributed by atoms with Crippen molar-refractivity contribution in [2.24, 2.45) is 0 Å². The molecule has 0 radical (unpaired) electrons. The molecule has 0 aliphatic heterocycles. The molecule has 2 nitrogen and oxygen atoms in total. The van der Waals surface area contributed by atoms with Gasteiger partial charge in [-0.25, -0.2) is 4.39 Å². The van der Waals surface area contributed by atoms with E-state index in [9.17, 15) is 9.50 Å². The van der Waals surface area contributed by atoms with Crippen molar-refractivity contribution >= 4 is 0 Å². The zero-order valence-electron chi connectivity index (χ0n) is 9.77. The summed E-state index contributed by atoms with van der Waals surface area (Å²) >= 11 is 0. The molecular weight excluding hydrogens is 217 g/mol. The van der Waals surface area contributed by atoms with Gasteiger partial charge in [-0.1, -0.05) is 24.3 Å². The van der Waals surface area contributed by atoms with Crippen LogP contribution in [0.1, 0.15) is 30.9 Å². The fraction of sp³-hybridized carbons (Fsp3) is 0.429. The Hall–Kier alpha value is -1.19. The van der Waals surface area contributed by atoms with Crippen LogP contribution in [0.15, 0.2) is 36.4 Å². The second-order valence-electron chi connectivity index (χ2n) is 4.46. The summed E-state index contributed by atoms with van der Waals surface area (Å²) in [6.07, 6.45) is 7.04. The lowest BCUT2D eigenvalue weighted by molar-refractivity contribution is 0.168. The summed E-state index contributed by atoms with van der Waals surface area (Å²) in [7, 11) is 0. The highest BCUT2D eigenvalue weighted by molar-refractivity contribution is 5.18. The van der Waals surface area contributed by atoms with E-state index in [-0.39, 0.29) is 5.82 Å². The van der Waals surface area contributed by atoms with Gasteiger partial charge in [-0.2, -0.15) is 0 Å². The molecule has 2 unspecified atom stereocenters. The summed E-state index contributed by atoms with van der Waals surface area (Å²) in [6.45, 7) is 0.518. The number of rotatable bonds is 4. The van der Waals surface area contributed by atoms with E-state index < -0.39 is 6.10 Å². The maximum absolute atomic E-state index is 12.7. The monoisotopic (exact) mass is 235 g/mol. The molecule has 1 aromatic carbocycles. The predicted octanol–water partition coefficient (Wildman–Crippen LogP) is 2.56. The molecule has 0 saturated heterocycles. The van der Waals surface area contributed by atoms with Crippen LogP contribution in [0.5, 0.6) is 0 Å². The topological polar surface area (TPSA) is 32.3 Å². The number of benzene rings is 1. The van der Waals surface area contributed by atoms with Crippen molar-refractivity contribution in [3.63, 3.8) is 0 Å². The van der Waals surface area contributed by atoms with Crippen LogP contribution < -0.4 is 5.32 Å². The van der Waals surface area contributed by atoms with Crippen molar-refractivity contribution in [1.29, 1.82) is 0 Å². The highest BCUT2D eigenvalue weighted by atomic mass is 19.1. The van der Waals surface area contributed by atoms with Crippen LogP contribution in [0.25, 0.3) is 0 Å². The van der Waals surface area contributed by atoms with E-state index in [4.69, 9.17) is 0 Å². The molecule has 0 heterocycles. The molecule has 0 fully saturated rings. The predicted molar refractivity (Wildman–Crippen MR) is 66.1 cm³/mol. The minimum Gasteiger partial charge on any atom is -0.387 e. The third-order valence-electron chi connectivity index (χ3n) is 3.12. The molecule has 2 rings (SSSR count). The third-order valence-corrected chi connectivity index (χ3v) is 3.12. The normalized spacial score (nSPS) is 21.4. The summed E-state index contributed by atoms with van der Waals surface area (Å²) < 4.78 is 12.7. The highest BCUT2D eigenvalue weighted by Crippen LogP contribution is 2.15. The Balaban J connectivity index is 1.82. The molecule has 0 amide bonds. The molecule has 92 valence electrons. The quantitative estimate of drug-likeness (QED) is 0.786. The number of nitrogens with one attached hydrogen (secondary N) is 1. The second-order valence-corrected chi connectivity index (χ2v) is 4.46. The van der Waals surface area contributed by atoms with Crippen LogP contribution in [0, 0.1) is 5.82 Å². The standard InChI is InChI=1S/C14H18FNO/c15-12-8-6-11(7-9-12)14(17)10-16-13-4-2-1-3-5-13/h1-2,6-9,13-14,16-17H,3-5,10H2. The van der Waals surface area contributed by atoms with Gasteiger partial charge in [-0.15, -0.1) is 0 Å². The molecule has 1 aliphatic carbocycles. The van der Waals surface area contributed by atoms with Crippen LogP contribution >= 0.6 is 0 Å². The van der Waals surface area contributed by atoms with Gasteiger partial charge in [0.1, 0.15) is 5.82 Å². The first-order valence-corrected chi connectivity index (χ1v) is 6.07. The largest absolute Gasteiger partial charge is 0.387 e. The fourth-order valence-electron chi connectivity index (χ4n) is 2.06.